The molecule has 5 nitrogen and oxygen atoms in total. The zero-order valence-corrected chi connectivity index (χ0v) is 19.8. The molecule has 0 aliphatic carbocycles. The summed E-state index contributed by atoms with van der Waals surface area (Å²) in [6, 6.07) is 14.5. The van der Waals surface area contributed by atoms with Crippen LogP contribution >= 0.6 is 0 Å². The lowest BCUT2D eigenvalue weighted by molar-refractivity contribution is -0.134. The highest BCUT2D eigenvalue weighted by atomic mass is 16.5. The molecule has 0 radical (unpaired) electrons. The third-order valence-electron chi connectivity index (χ3n) is 6.67. The first-order chi connectivity index (χ1) is 15.4. The summed E-state index contributed by atoms with van der Waals surface area (Å²) in [6.07, 6.45) is 3.04. The van der Waals surface area contributed by atoms with Gasteiger partial charge >= 0.3 is 0 Å². The molecule has 1 amide bonds. The van der Waals surface area contributed by atoms with Crippen molar-refractivity contribution in [3.05, 3.63) is 64.7 Å². The summed E-state index contributed by atoms with van der Waals surface area (Å²) in [5, 5.41) is 6.63. The highest BCUT2D eigenvalue weighted by Crippen LogP contribution is 2.34. The molecule has 5 heteroatoms. The highest BCUT2D eigenvalue weighted by molar-refractivity contribution is 6.04. The molecule has 0 unspecified atom stereocenters. The van der Waals surface area contributed by atoms with Gasteiger partial charge in [0.2, 0.25) is 0 Å². The van der Waals surface area contributed by atoms with E-state index in [1.165, 1.54) is 11.1 Å². The quantitative estimate of drug-likeness (QED) is 0.636. The van der Waals surface area contributed by atoms with Crippen LogP contribution in [-0.2, 0) is 4.79 Å². The van der Waals surface area contributed by atoms with Gasteiger partial charge in [0.1, 0.15) is 5.75 Å². The van der Waals surface area contributed by atoms with Crippen molar-refractivity contribution < 1.29 is 9.53 Å². The summed E-state index contributed by atoms with van der Waals surface area (Å²) in [6.45, 7) is 11.6. The predicted molar refractivity (Wildman–Crippen MR) is 129 cm³/mol. The van der Waals surface area contributed by atoms with Crippen LogP contribution in [0.4, 0.5) is 0 Å². The largest absolute Gasteiger partial charge is 0.494 e. The number of benzene rings is 2. The van der Waals surface area contributed by atoms with Crippen molar-refractivity contribution >= 4 is 11.6 Å². The van der Waals surface area contributed by atoms with Crippen LogP contribution in [0, 0.1) is 19.8 Å². The Morgan fingerprint density at radius 3 is 2.47 bits per heavy atom. The van der Waals surface area contributed by atoms with Gasteiger partial charge in [-0.1, -0.05) is 42.8 Å². The van der Waals surface area contributed by atoms with Crippen LogP contribution in [0.5, 0.6) is 5.75 Å². The molecule has 32 heavy (non-hydrogen) atoms. The molecule has 0 aromatic heterocycles. The predicted octanol–water partition coefficient (Wildman–Crippen LogP) is 5.11. The van der Waals surface area contributed by atoms with Crippen LogP contribution < -0.4 is 4.74 Å². The van der Waals surface area contributed by atoms with Gasteiger partial charge in [-0.3, -0.25) is 9.69 Å². The molecular weight excluding hydrogens is 398 g/mol. The number of aryl methyl sites for hydroxylation is 2. The molecule has 4 rings (SSSR count). The topological polar surface area (TPSA) is 45.1 Å². The molecule has 2 aliphatic rings. The first-order valence-electron chi connectivity index (χ1n) is 11.9. The first-order valence-corrected chi connectivity index (χ1v) is 11.9. The number of amides is 1. The van der Waals surface area contributed by atoms with Crippen molar-refractivity contribution in [2.24, 2.45) is 11.0 Å². The maximum Gasteiger partial charge on any atom is 0.257 e. The van der Waals surface area contributed by atoms with E-state index in [0.717, 1.165) is 60.9 Å². The van der Waals surface area contributed by atoms with E-state index in [1.54, 1.807) is 5.01 Å². The Labute approximate surface area is 192 Å². The summed E-state index contributed by atoms with van der Waals surface area (Å²) in [5.41, 5.74) is 5.65. The molecule has 0 N–H and O–H groups in total. The third-order valence-corrected chi connectivity index (χ3v) is 6.67. The minimum Gasteiger partial charge on any atom is -0.494 e. The van der Waals surface area contributed by atoms with Crippen LogP contribution in [0.15, 0.2) is 47.6 Å². The number of ether oxygens (including phenoxy) is 1. The molecule has 1 fully saturated rings. The van der Waals surface area contributed by atoms with Gasteiger partial charge in [0.15, 0.2) is 0 Å². The summed E-state index contributed by atoms with van der Waals surface area (Å²) in [7, 11) is 0. The molecule has 2 aliphatic heterocycles. The normalized spacial score (nSPS) is 19.8. The molecule has 1 atom stereocenters. The average molecular weight is 434 g/mol. The van der Waals surface area contributed by atoms with E-state index < -0.39 is 0 Å². The Balaban J connectivity index is 1.59. The van der Waals surface area contributed by atoms with E-state index >= 15 is 0 Å². The number of carbonyl (C=O) groups is 1. The van der Waals surface area contributed by atoms with E-state index in [9.17, 15) is 4.79 Å². The molecular formula is C27H35N3O2. The van der Waals surface area contributed by atoms with Gasteiger partial charge in [0.05, 0.1) is 24.9 Å². The summed E-state index contributed by atoms with van der Waals surface area (Å²) >= 11 is 0. The Kier molecular flexibility index (Phi) is 6.95. The van der Waals surface area contributed by atoms with E-state index in [0.29, 0.717) is 13.2 Å². The Morgan fingerprint density at radius 1 is 1.09 bits per heavy atom. The zero-order chi connectivity index (χ0) is 22.7. The number of likely N-dealkylation sites (tertiary alicyclic amines) is 1. The lowest BCUT2D eigenvalue weighted by atomic mass is 9.95. The molecule has 2 heterocycles. The number of rotatable bonds is 6. The monoisotopic (exact) mass is 433 g/mol. The SMILES string of the molecule is CCOc1ccc([C@H]2CC(c3ccc(C)cc3C)=NN2C(=O)CN2CCC(C)CC2)cc1. The average Bonchev–Trinajstić information content (AvgIpc) is 3.21. The van der Waals surface area contributed by atoms with Gasteiger partial charge in [0, 0.05) is 12.0 Å². The van der Waals surface area contributed by atoms with E-state index in [4.69, 9.17) is 9.84 Å². The minimum atomic E-state index is -0.0856. The summed E-state index contributed by atoms with van der Waals surface area (Å²) in [4.78, 5) is 15.7. The molecule has 1 saturated heterocycles. The lowest BCUT2D eigenvalue weighted by Gasteiger charge is -2.31. The van der Waals surface area contributed by atoms with Gasteiger partial charge in [-0.15, -0.1) is 0 Å². The molecule has 2 aromatic rings. The second-order valence-corrected chi connectivity index (χ2v) is 9.28. The summed E-state index contributed by atoms with van der Waals surface area (Å²) in [5.74, 6) is 1.68. The Bertz CT molecular complexity index is 975. The number of hydrogen-bond acceptors (Lipinski definition) is 4. The van der Waals surface area contributed by atoms with E-state index in [-0.39, 0.29) is 11.9 Å². The highest BCUT2D eigenvalue weighted by Gasteiger charge is 2.34. The maximum absolute atomic E-state index is 13.4. The number of carbonyl (C=O) groups excluding carboxylic acids is 1. The van der Waals surface area contributed by atoms with Crippen molar-refractivity contribution in [1.29, 1.82) is 0 Å². The van der Waals surface area contributed by atoms with Crippen LogP contribution in [0.25, 0.3) is 0 Å². The Morgan fingerprint density at radius 2 is 1.81 bits per heavy atom. The molecule has 0 bridgehead atoms. The summed E-state index contributed by atoms with van der Waals surface area (Å²) < 4.78 is 5.61. The standard InChI is InChI=1S/C27H35N3O2/c1-5-32-23-9-7-22(8-10-23)26-17-25(24-11-6-20(3)16-21(24)4)28-30(26)27(31)18-29-14-12-19(2)13-15-29/h6-11,16,19,26H,5,12-15,17-18H2,1-4H3/t26-/m1/s1. The van der Waals surface area contributed by atoms with Gasteiger partial charge in [-0.05, 0) is 75.9 Å². The maximum atomic E-state index is 13.4. The number of nitrogens with zero attached hydrogens (tertiary/aromatic N) is 3. The van der Waals surface area contributed by atoms with E-state index in [1.807, 2.05) is 19.1 Å². The smallest absolute Gasteiger partial charge is 0.257 e. The fraction of sp³-hybridized carbons (Fsp3) is 0.481. The molecule has 2 aromatic carbocycles. The van der Waals surface area contributed by atoms with Crippen molar-refractivity contribution in [2.75, 3.05) is 26.2 Å². The first kappa shape index (κ1) is 22.5. The molecule has 170 valence electrons. The van der Waals surface area contributed by atoms with E-state index in [2.05, 4.69) is 56.0 Å². The number of hydrazone groups is 1. The lowest BCUT2D eigenvalue weighted by Crippen LogP contribution is -2.41. The van der Waals surface area contributed by atoms with Crippen molar-refractivity contribution in [1.82, 2.24) is 9.91 Å². The zero-order valence-electron chi connectivity index (χ0n) is 19.8. The van der Waals surface area contributed by atoms with Crippen molar-refractivity contribution in [3.8, 4) is 5.75 Å². The van der Waals surface area contributed by atoms with Gasteiger partial charge < -0.3 is 4.74 Å². The van der Waals surface area contributed by atoms with Gasteiger partial charge in [0.25, 0.3) is 5.91 Å². The van der Waals surface area contributed by atoms with Gasteiger partial charge in [-0.2, -0.15) is 5.10 Å². The van der Waals surface area contributed by atoms with Crippen LogP contribution in [0.3, 0.4) is 0 Å². The fourth-order valence-corrected chi connectivity index (χ4v) is 4.74. The number of piperidine rings is 1. The fourth-order valence-electron chi connectivity index (χ4n) is 4.74. The van der Waals surface area contributed by atoms with Crippen LogP contribution in [0.1, 0.15) is 61.4 Å². The van der Waals surface area contributed by atoms with Crippen molar-refractivity contribution in [3.63, 3.8) is 0 Å². The third kappa shape index (κ3) is 5.04. The molecule has 0 saturated carbocycles. The second-order valence-electron chi connectivity index (χ2n) is 9.28. The molecule has 0 spiro atoms. The van der Waals surface area contributed by atoms with Crippen LogP contribution in [-0.4, -0.2) is 47.8 Å². The number of hydrogen-bond donors (Lipinski definition) is 0. The van der Waals surface area contributed by atoms with Gasteiger partial charge in [-0.25, -0.2) is 5.01 Å². The van der Waals surface area contributed by atoms with Crippen LogP contribution in [0.2, 0.25) is 0 Å². The second kappa shape index (κ2) is 9.86. The Hall–Kier alpha value is -2.66. The van der Waals surface area contributed by atoms with Crippen molar-refractivity contribution in [2.45, 2.75) is 53.0 Å². The minimum absolute atomic E-state index is 0.0817.